The van der Waals surface area contributed by atoms with Gasteiger partial charge in [0.25, 0.3) is 0 Å². The van der Waals surface area contributed by atoms with Gasteiger partial charge in [0.2, 0.25) is 5.95 Å². The molecule has 5 nitrogen and oxygen atoms in total. The molecule has 0 saturated carbocycles. The van der Waals surface area contributed by atoms with Crippen LogP contribution in [-0.4, -0.2) is 22.2 Å². The van der Waals surface area contributed by atoms with E-state index in [1.165, 1.54) is 0 Å². The molecule has 0 fully saturated rings. The Bertz CT molecular complexity index is 582. The highest BCUT2D eigenvalue weighted by Gasteiger charge is 2.13. The number of nitrogens with zero attached hydrogens (tertiary/aromatic N) is 4. The van der Waals surface area contributed by atoms with Crippen molar-refractivity contribution in [3.63, 3.8) is 0 Å². The third-order valence-electron chi connectivity index (χ3n) is 3.15. The predicted molar refractivity (Wildman–Crippen MR) is 88.2 cm³/mol. The lowest BCUT2D eigenvalue weighted by Crippen LogP contribution is -2.28. The molecule has 0 aliphatic rings. The SMILES string of the molecule is C/C=N\N(c1ccnc(Nc2ccccc2)n1)[C@@H](C)CC. The van der Waals surface area contributed by atoms with Gasteiger partial charge in [-0.25, -0.2) is 9.99 Å². The number of benzene rings is 1. The molecular formula is C16H21N5. The van der Waals surface area contributed by atoms with Gasteiger partial charge in [-0.05, 0) is 32.4 Å². The van der Waals surface area contributed by atoms with Crippen molar-refractivity contribution >= 4 is 23.7 Å². The summed E-state index contributed by atoms with van der Waals surface area (Å²) in [6, 6.07) is 12.0. The van der Waals surface area contributed by atoms with Gasteiger partial charge >= 0.3 is 0 Å². The van der Waals surface area contributed by atoms with E-state index in [-0.39, 0.29) is 6.04 Å². The first-order valence-electron chi connectivity index (χ1n) is 7.17. The third-order valence-corrected chi connectivity index (χ3v) is 3.15. The second kappa shape index (κ2) is 7.38. The largest absolute Gasteiger partial charge is 0.324 e. The highest BCUT2D eigenvalue weighted by molar-refractivity contribution is 5.58. The Hall–Kier alpha value is -2.43. The molecule has 0 radical (unpaired) electrons. The Morgan fingerprint density at radius 2 is 2.05 bits per heavy atom. The maximum atomic E-state index is 4.55. The highest BCUT2D eigenvalue weighted by Crippen LogP contribution is 2.19. The summed E-state index contributed by atoms with van der Waals surface area (Å²) < 4.78 is 0. The maximum Gasteiger partial charge on any atom is 0.229 e. The second-order valence-corrected chi connectivity index (χ2v) is 4.70. The van der Waals surface area contributed by atoms with Crippen LogP contribution in [-0.2, 0) is 0 Å². The predicted octanol–water partition coefficient (Wildman–Crippen LogP) is 3.83. The molecule has 1 atom stereocenters. The Labute approximate surface area is 125 Å². The Morgan fingerprint density at radius 1 is 1.29 bits per heavy atom. The summed E-state index contributed by atoms with van der Waals surface area (Å²) in [5, 5.41) is 9.52. The van der Waals surface area contributed by atoms with Gasteiger partial charge < -0.3 is 5.32 Å². The molecule has 0 amide bonds. The van der Waals surface area contributed by atoms with Gasteiger partial charge in [0.1, 0.15) is 0 Å². The quantitative estimate of drug-likeness (QED) is 0.646. The lowest BCUT2D eigenvalue weighted by molar-refractivity contribution is 0.629. The third kappa shape index (κ3) is 4.02. The minimum atomic E-state index is 0.278. The molecular weight excluding hydrogens is 262 g/mol. The van der Waals surface area contributed by atoms with Crippen LogP contribution in [0.4, 0.5) is 17.5 Å². The number of hydrazone groups is 1. The van der Waals surface area contributed by atoms with E-state index < -0.39 is 0 Å². The molecule has 1 heterocycles. The lowest BCUT2D eigenvalue weighted by atomic mass is 10.2. The number of hydrogen-bond acceptors (Lipinski definition) is 5. The van der Waals surface area contributed by atoms with E-state index in [4.69, 9.17) is 0 Å². The van der Waals surface area contributed by atoms with Crippen LogP contribution in [0.5, 0.6) is 0 Å². The summed E-state index contributed by atoms with van der Waals surface area (Å²) in [6.45, 7) is 6.16. The molecule has 0 spiro atoms. The van der Waals surface area contributed by atoms with Gasteiger partial charge in [-0.15, -0.1) is 0 Å². The summed E-state index contributed by atoms with van der Waals surface area (Å²) in [4.78, 5) is 8.81. The zero-order valence-corrected chi connectivity index (χ0v) is 12.7. The first-order chi connectivity index (χ1) is 10.2. The summed E-state index contributed by atoms with van der Waals surface area (Å²) in [5.74, 6) is 1.36. The standard InChI is InChI=1S/C16H21N5/c1-4-13(3)21(18-5-2)15-11-12-17-16(20-15)19-14-9-7-6-8-10-14/h5-13H,4H2,1-3H3,(H,17,19,20)/b18-5-/t13-/m0/s1. The Balaban J connectivity index is 2.23. The van der Waals surface area contributed by atoms with Crippen LogP contribution < -0.4 is 10.3 Å². The summed E-state index contributed by atoms with van der Waals surface area (Å²) >= 11 is 0. The fourth-order valence-corrected chi connectivity index (χ4v) is 1.88. The maximum absolute atomic E-state index is 4.55. The van der Waals surface area contributed by atoms with Gasteiger partial charge in [0.15, 0.2) is 5.82 Å². The van der Waals surface area contributed by atoms with E-state index in [0.29, 0.717) is 5.95 Å². The van der Waals surface area contributed by atoms with Crippen molar-refractivity contribution in [2.24, 2.45) is 5.10 Å². The molecule has 0 bridgehead atoms. The monoisotopic (exact) mass is 283 g/mol. The molecule has 1 aromatic carbocycles. The van der Waals surface area contributed by atoms with E-state index in [2.05, 4.69) is 34.2 Å². The van der Waals surface area contributed by atoms with E-state index >= 15 is 0 Å². The van der Waals surface area contributed by atoms with E-state index in [1.54, 1.807) is 12.4 Å². The summed E-state index contributed by atoms with van der Waals surface area (Å²) in [5.41, 5.74) is 0.962. The van der Waals surface area contributed by atoms with E-state index in [9.17, 15) is 0 Å². The fraction of sp³-hybridized carbons (Fsp3) is 0.312. The molecule has 1 aromatic heterocycles. The number of anilines is 3. The highest BCUT2D eigenvalue weighted by atomic mass is 15.5. The van der Waals surface area contributed by atoms with E-state index in [0.717, 1.165) is 17.9 Å². The molecule has 5 heteroatoms. The van der Waals surface area contributed by atoms with Gasteiger partial charge in [-0.3, -0.25) is 0 Å². The van der Waals surface area contributed by atoms with Crippen LogP contribution in [0.3, 0.4) is 0 Å². The van der Waals surface area contributed by atoms with Crippen molar-refractivity contribution < 1.29 is 0 Å². The lowest BCUT2D eigenvalue weighted by Gasteiger charge is -2.24. The average molecular weight is 283 g/mol. The van der Waals surface area contributed by atoms with Crippen molar-refractivity contribution in [2.45, 2.75) is 33.2 Å². The fourth-order valence-electron chi connectivity index (χ4n) is 1.88. The van der Waals surface area contributed by atoms with Gasteiger partial charge in [0, 0.05) is 24.2 Å². The molecule has 21 heavy (non-hydrogen) atoms. The van der Waals surface area contributed by atoms with Crippen molar-refractivity contribution in [1.29, 1.82) is 0 Å². The first-order valence-corrected chi connectivity index (χ1v) is 7.17. The van der Waals surface area contributed by atoms with E-state index in [1.807, 2.05) is 48.3 Å². The molecule has 2 rings (SSSR count). The van der Waals surface area contributed by atoms with Crippen molar-refractivity contribution in [1.82, 2.24) is 9.97 Å². The van der Waals surface area contributed by atoms with Gasteiger partial charge in [-0.2, -0.15) is 10.1 Å². The minimum absolute atomic E-state index is 0.278. The normalized spacial score (nSPS) is 12.3. The minimum Gasteiger partial charge on any atom is -0.324 e. The first kappa shape index (κ1) is 15.0. The van der Waals surface area contributed by atoms with Gasteiger partial charge in [-0.1, -0.05) is 25.1 Å². The molecule has 0 aliphatic heterocycles. The second-order valence-electron chi connectivity index (χ2n) is 4.70. The summed E-state index contributed by atoms with van der Waals surface area (Å²) in [6.07, 6.45) is 4.51. The number of hydrogen-bond donors (Lipinski definition) is 1. The average Bonchev–Trinajstić information content (AvgIpc) is 2.53. The van der Waals surface area contributed by atoms with Gasteiger partial charge in [0.05, 0.1) is 6.04 Å². The van der Waals surface area contributed by atoms with Crippen LogP contribution in [0.1, 0.15) is 27.2 Å². The zero-order chi connectivity index (χ0) is 15.1. The summed E-state index contributed by atoms with van der Waals surface area (Å²) in [7, 11) is 0. The molecule has 1 N–H and O–H groups in total. The van der Waals surface area contributed by atoms with Crippen molar-refractivity contribution in [3.8, 4) is 0 Å². The topological polar surface area (TPSA) is 53.4 Å². The Morgan fingerprint density at radius 3 is 2.71 bits per heavy atom. The smallest absolute Gasteiger partial charge is 0.229 e. The zero-order valence-electron chi connectivity index (χ0n) is 12.7. The molecule has 0 unspecified atom stereocenters. The molecule has 0 saturated heterocycles. The molecule has 0 aliphatic carbocycles. The van der Waals surface area contributed by atoms with Crippen molar-refractivity contribution in [2.75, 3.05) is 10.3 Å². The van der Waals surface area contributed by atoms with Crippen molar-refractivity contribution in [3.05, 3.63) is 42.6 Å². The van der Waals surface area contributed by atoms with Crippen LogP contribution >= 0.6 is 0 Å². The number of nitrogens with one attached hydrogen (secondary N) is 1. The van der Waals surface area contributed by atoms with Crippen LogP contribution in [0.25, 0.3) is 0 Å². The Kier molecular flexibility index (Phi) is 5.26. The molecule has 110 valence electrons. The number of rotatable bonds is 6. The van der Waals surface area contributed by atoms with Crippen LogP contribution in [0.2, 0.25) is 0 Å². The number of aromatic nitrogens is 2. The molecule has 2 aromatic rings. The van der Waals surface area contributed by atoms with Crippen LogP contribution in [0.15, 0.2) is 47.7 Å². The van der Waals surface area contributed by atoms with Crippen LogP contribution in [0, 0.1) is 0 Å². The number of para-hydroxylation sites is 1.